The van der Waals surface area contributed by atoms with Crippen LogP contribution in [0.5, 0.6) is 17.2 Å². The van der Waals surface area contributed by atoms with Crippen molar-refractivity contribution < 1.29 is 28.2 Å². The van der Waals surface area contributed by atoms with Crippen LogP contribution in [0.2, 0.25) is 0 Å². The van der Waals surface area contributed by atoms with Crippen molar-refractivity contribution in [1.29, 1.82) is 0 Å². The third-order valence-electron chi connectivity index (χ3n) is 8.12. The lowest BCUT2D eigenvalue weighted by molar-refractivity contribution is -0.141. The first kappa shape index (κ1) is 29.9. The van der Waals surface area contributed by atoms with Gasteiger partial charge < -0.3 is 29.4 Å². The Morgan fingerprint density at radius 3 is 2.28 bits per heavy atom. The Balaban J connectivity index is 1.60. The number of aromatic amines is 1. The van der Waals surface area contributed by atoms with Crippen molar-refractivity contribution in [3.8, 4) is 17.2 Å². The van der Waals surface area contributed by atoms with E-state index in [4.69, 9.17) is 14.2 Å². The molecule has 1 unspecified atom stereocenters. The predicted octanol–water partition coefficient (Wildman–Crippen LogP) is 6.09. The zero-order valence-corrected chi connectivity index (χ0v) is 24.8. The summed E-state index contributed by atoms with van der Waals surface area (Å²) < 4.78 is 30.6. The van der Waals surface area contributed by atoms with Crippen LogP contribution < -0.4 is 19.5 Å². The molecule has 1 aliphatic carbocycles. The van der Waals surface area contributed by atoms with E-state index in [1.165, 1.54) is 33.5 Å². The van der Waals surface area contributed by atoms with Crippen LogP contribution in [-0.4, -0.2) is 49.1 Å². The number of methoxy groups -OCH3 is 3. The van der Waals surface area contributed by atoms with Gasteiger partial charge in [-0.05, 0) is 59.9 Å². The first-order valence-electron chi connectivity index (χ1n) is 14.6. The van der Waals surface area contributed by atoms with Crippen LogP contribution >= 0.6 is 0 Å². The topological polar surface area (TPSA) is 92.9 Å². The molecule has 1 atom stereocenters. The molecular weight excluding hydrogens is 549 g/mol. The van der Waals surface area contributed by atoms with Gasteiger partial charge in [-0.1, -0.05) is 49.6 Å². The average Bonchev–Trinajstić information content (AvgIpc) is 3.44. The molecule has 4 aromatic rings. The summed E-state index contributed by atoms with van der Waals surface area (Å²) in [6.07, 6.45) is 6.88. The van der Waals surface area contributed by atoms with Crippen LogP contribution in [0.1, 0.15) is 54.8 Å². The minimum Gasteiger partial charge on any atom is -0.493 e. The summed E-state index contributed by atoms with van der Waals surface area (Å²) in [6, 6.07) is 16.2. The number of nitrogens with one attached hydrogen (secondary N) is 2. The third kappa shape index (κ3) is 6.77. The van der Waals surface area contributed by atoms with Gasteiger partial charge in [0, 0.05) is 29.7 Å². The first-order chi connectivity index (χ1) is 20.9. The maximum Gasteiger partial charge on any atom is 0.247 e. The van der Waals surface area contributed by atoms with E-state index in [2.05, 4.69) is 10.3 Å². The molecule has 1 heterocycles. The summed E-state index contributed by atoms with van der Waals surface area (Å²) in [5.74, 6) is 0.200. The standard InChI is InChI=1S/C34H38FN3O5/c1-41-29-17-23(18-30(42-2)33(29)43-3)32(34(40)37-26-9-5-4-6-10-26)38(21-22-13-15-25(35)16-14-22)31(39)19-24-20-36-28-12-8-7-11-27(24)28/h7-8,11-18,20,26,32,36H,4-6,9-10,19,21H2,1-3H3,(H,37,40). The van der Waals surface area contributed by atoms with Gasteiger partial charge in [0.05, 0.1) is 27.8 Å². The monoisotopic (exact) mass is 587 g/mol. The number of hydrogen-bond acceptors (Lipinski definition) is 5. The summed E-state index contributed by atoms with van der Waals surface area (Å²) in [4.78, 5) is 33.4. The van der Waals surface area contributed by atoms with Crippen molar-refractivity contribution in [3.63, 3.8) is 0 Å². The molecule has 0 bridgehead atoms. The SMILES string of the molecule is COc1cc(C(C(=O)NC2CCCCC2)N(Cc2ccc(F)cc2)C(=O)Cc2c[nH]c3ccccc23)cc(OC)c1OC. The fourth-order valence-corrected chi connectivity index (χ4v) is 5.91. The molecule has 1 saturated carbocycles. The number of amides is 2. The van der Waals surface area contributed by atoms with Gasteiger partial charge in [-0.15, -0.1) is 0 Å². The molecule has 226 valence electrons. The highest BCUT2D eigenvalue weighted by Crippen LogP contribution is 2.41. The second kappa shape index (κ2) is 13.6. The molecule has 3 aromatic carbocycles. The highest BCUT2D eigenvalue weighted by Gasteiger charge is 2.35. The molecule has 5 rings (SSSR count). The second-order valence-electron chi connectivity index (χ2n) is 10.9. The molecule has 0 radical (unpaired) electrons. The van der Waals surface area contributed by atoms with Crippen LogP contribution in [0, 0.1) is 5.82 Å². The smallest absolute Gasteiger partial charge is 0.247 e. The highest BCUT2D eigenvalue weighted by molar-refractivity contribution is 5.92. The van der Waals surface area contributed by atoms with E-state index in [9.17, 15) is 14.0 Å². The number of rotatable bonds is 11. The van der Waals surface area contributed by atoms with Gasteiger partial charge in [0.15, 0.2) is 11.5 Å². The van der Waals surface area contributed by atoms with Crippen molar-refractivity contribution >= 4 is 22.7 Å². The van der Waals surface area contributed by atoms with Gasteiger partial charge in [0.1, 0.15) is 11.9 Å². The number of carbonyl (C=O) groups is 2. The zero-order valence-electron chi connectivity index (χ0n) is 24.8. The van der Waals surface area contributed by atoms with E-state index in [0.717, 1.165) is 48.6 Å². The number of fused-ring (bicyclic) bond motifs is 1. The summed E-state index contributed by atoms with van der Waals surface area (Å²) in [5, 5.41) is 4.17. The van der Waals surface area contributed by atoms with Gasteiger partial charge in [-0.25, -0.2) is 4.39 Å². The molecule has 0 saturated heterocycles. The van der Waals surface area contributed by atoms with E-state index in [1.54, 1.807) is 29.2 Å². The highest BCUT2D eigenvalue weighted by atomic mass is 19.1. The van der Waals surface area contributed by atoms with Crippen molar-refractivity contribution in [2.24, 2.45) is 0 Å². The van der Waals surface area contributed by atoms with Crippen LogP contribution in [0.4, 0.5) is 4.39 Å². The summed E-state index contributed by atoms with van der Waals surface area (Å²) in [7, 11) is 4.53. The zero-order chi connectivity index (χ0) is 30.3. The van der Waals surface area contributed by atoms with Crippen molar-refractivity contribution in [1.82, 2.24) is 15.2 Å². The average molecular weight is 588 g/mol. The van der Waals surface area contributed by atoms with Gasteiger partial charge in [-0.2, -0.15) is 0 Å². The Hall–Kier alpha value is -4.53. The van der Waals surface area contributed by atoms with Crippen LogP contribution in [0.3, 0.4) is 0 Å². The van der Waals surface area contributed by atoms with Gasteiger partial charge in [-0.3, -0.25) is 9.59 Å². The maximum absolute atomic E-state index is 14.3. The molecule has 1 fully saturated rings. The second-order valence-corrected chi connectivity index (χ2v) is 10.9. The van der Waals surface area contributed by atoms with Gasteiger partial charge >= 0.3 is 0 Å². The lowest BCUT2D eigenvalue weighted by Gasteiger charge is -2.34. The molecule has 8 nitrogen and oxygen atoms in total. The van der Waals surface area contributed by atoms with Crippen LogP contribution in [0.25, 0.3) is 10.9 Å². The lowest BCUT2D eigenvalue weighted by Crippen LogP contribution is -2.47. The normalized spacial score (nSPS) is 14.2. The molecule has 43 heavy (non-hydrogen) atoms. The summed E-state index contributed by atoms with van der Waals surface area (Å²) in [5.41, 5.74) is 2.95. The number of ether oxygens (including phenoxy) is 3. The Kier molecular flexibility index (Phi) is 9.49. The van der Waals surface area contributed by atoms with Crippen LogP contribution in [0.15, 0.2) is 66.9 Å². The number of aromatic nitrogens is 1. The molecule has 0 spiro atoms. The Bertz CT molecular complexity index is 1540. The number of para-hydroxylation sites is 1. The maximum atomic E-state index is 14.3. The fourth-order valence-electron chi connectivity index (χ4n) is 5.91. The summed E-state index contributed by atoms with van der Waals surface area (Å²) in [6.45, 7) is 0.0842. The Morgan fingerprint density at radius 2 is 1.63 bits per heavy atom. The molecule has 1 aromatic heterocycles. The lowest BCUT2D eigenvalue weighted by atomic mass is 9.94. The first-order valence-corrected chi connectivity index (χ1v) is 14.6. The van der Waals surface area contributed by atoms with Gasteiger partial charge in [0.25, 0.3) is 0 Å². The fraction of sp³-hybridized carbons (Fsp3) is 0.353. The van der Waals surface area contributed by atoms with Crippen LogP contribution in [-0.2, 0) is 22.6 Å². The molecule has 2 N–H and O–H groups in total. The molecule has 2 amide bonds. The van der Waals surface area contributed by atoms with E-state index >= 15 is 0 Å². The quantitative estimate of drug-likeness (QED) is 0.221. The summed E-state index contributed by atoms with van der Waals surface area (Å²) >= 11 is 0. The molecular formula is C34H38FN3O5. The van der Waals surface area contributed by atoms with E-state index in [-0.39, 0.29) is 36.6 Å². The molecule has 1 aliphatic rings. The number of carbonyl (C=O) groups excluding carboxylic acids is 2. The molecule has 9 heteroatoms. The third-order valence-corrected chi connectivity index (χ3v) is 8.12. The number of nitrogens with zero attached hydrogens (tertiary/aromatic N) is 1. The van der Waals surface area contributed by atoms with Gasteiger partial charge in [0.2, 0.25) is 17.6 Å². The van der Waals surface area contributed by atoms with E-state index in [1.807, 2.05) is 30.5 Å². The number of benzene rings is 3. The van der Waals surface area contributed by atoms with Crippen molar-refractivity contribution in [3.05, 3.63) is 89.4 Å². The molecule has 0 aliphatic heterocycles. The Labute approximate surface area is 251 Å². The van der Waals surface area contributed by atoms with Crippen molar-refractivity contribution in [2.45, 2.75) is 57.2 Å². The Morgan fingerprint density at radius 1 is 0.953 bits per heavy atom. The minimum absolute atomic E-state index is 0.0159. The van der Waals surface area contributed by atoms with Crippen molar-refractivity contribution in [2.75, 3.05) is 21.3 Å². The largest absolute Gasteiger partial charge is 0.493 e. The predicted molar refractivity (Wildman–Crippen MR) is 163 cm³/mol. The number of halogens is 1. The van der Waals surface area contributed by atoms with E-state index < -0.39 is 6.04 Å². The minimum atomic E-state index is -1.03. The number of H-pyrrole nitrogens is 1. The van der Waals surface area contributed by atoms with E-state index in [0.29, 0.717) is 28.4 Å². The number of hydrogen-bond donors (Lipinski definition) is 2.